The second-order valence-electron chi connectivity index (χ2n) is 5.54. The fourth-order valence-corrected chi connectivity index (χ4v) is 2.54. The van der Waals surface area contributed by atoms with Gasteiger partial charge in [0.25, 0.3) is 5.91 Å². The van der Waals surface area contributed by atoms with Gasteiger partial charge in [-0.25, -0.2) is 0 Å². The first-order valence-corrected chi connectivity index (χ1v) is 7.88. The fourth-order valence-electron chi connectivity index (χ4n) is 2.54. The minimum Gasteiger partial charge on any atom is -0.486 e. The van der Waals surface area contributed by atoms with Gasteiger partial charge in [-0.3, -0.25) is 4.79 Å². The Morgan fingerprint density at radius 1 is 1.11 bits per heavy atom. The summed E-state index contributed by atoms with van der Waals surface area (Å²) in [5.41, 5.74) is -1.37. The molecule has 1 aliphatic heterocycles. The third kappa shape index (κ3) is 4.03. The lowest BCUT2D eigenvalue weighted by Crippen LogP contribution is -2.18. The number of amides is 1. The predicted octanol–water partition coefficient (Wildman–Crippen LogP) is 4.02. The molecule has 0 fully saturated rings. The van der Waals surface area contributed by atoms with Crippen LogP contribution in [0.3, 0.4) is 0 Å². The summed E-state index contributed by atoms with van der Waals surface area (Å²) in [5.74, 6) is -0.112. The van der Waals surface area contributed by atoms with Gasteiger partial charge in [-0.2, -0.15) is 18.4 Å². The van der Waals surface area contributed by atoms with Crippen molar-refractivity contribution in [1.29, 1.82) is 5.26 Å². The number of fused-ring (bicyclic) bond motifs is 1. The molecule has 138 valence electrons. The van der Waals surface area contributed by atoms with Crippen LogP contribution in [0.4, 0.5) is 18.9 Å². The number of nitrogens with zero attached hydrogens (tertiary/aromatic N) is 1. The van der Waals surface area contributed by atoms with Crippen LogP contribution in [0.5, 0.6) is 11.5 Å². The molecule has 0 saturated carbocycles. The van der Waals surface area contributed by atoms with Gasteiger partial charge in [0.05, 0.1) is 11.3 Å². The van der Waals surface area contributed by atoms with E-state index in [0.29, 0.717) is 30.3 Å². The minimum absolute atomic E-state index is 0.310. The summed E-state index contributed by atoms with van der Waals surface area (Å²) in [5, 5.41) is 11.4. The average Bonchev–Trinajstić information content (AvgIpc) is 2.65. The molecular weight excluding hydrogens is 361 g/mol. The van der Waals surface area contributed by atoms with Gasteiger partial charge in [-0.15, -0.1) is 0 Å². The molecule has 1 aliphatic rings. The molecule has 1 N–H and O–H groups in total. The molecule has 2 aromatic carbocycles. The zero-order chi connectivity index (χ0) is 19.4. The number of carbonyl (C=O) groups excluding carboxylic acids is 1. The summed E-state index contributed by atoms with van der Waals surface area (Å²) in [6.45, 7) is 0.685. The topological polar surface area (TPSA) is 71.3 Å². The van der Waals surface area contributed by atoms with E-state index in [-0.39, 0.29) is 5.57 Å². The predicted molar refractivity (Wildman–Crippen MR) is 91.1 cm³/mol. The van der Waals surface area contributed by atoms with Crippen LogP contribution in [0, 0.1) is 11.3 Å². The Hall–Kier alpha value is -3.47. The molecule has 2 aromatic rings. The smallest absolute Gasteiger partial charge is 0.418 e. The molecule has 5 nitrogen and oxygen atoms in total. The van der Waals surface area contributed by atoms with Crippen LogP contribution in [0.15, 0.2) is 48.0 Å². The maximum Gasteiger partial charge on any atom is 0.418 e. The number of hydrogen-bond donors (Lipinski definition) is 1. The number of nitrogens with one attached hydrogen (secondary N) is 1. The summed E-state index contributed by atoms with van der Waals surface area (Å²) in [7, 11) is 0. The monoisotopic (exact) mass is 374 g/mol. The molecule has 0 spiro atoms. The van der Waals surface area contributed by atoms with Gasteiger partial charge >= 0.3 is 6.18 Å². The lowest BCUT2D eigenvalue weighted by molar-refractivity contribution is -0.137. The van der Waals surface area contributed by atoms with Gasteiger partial charge in [0.15, 0.2) is 11.5 Å². The van der Waals surface area contributed by atoms with E-state index < -0.39 is 23.3 Å². The van der Waals surface area contributed by atoms with Gasteiger partial charge in [-0.1, -0.05) is 24.3 Å². The molecule has 27 heavy (non-hydrogen) atoms. The van der Waals surface area contributed by atoms with Crippen molar-refractivity contribution in [1.82, 2.24) is 0 Å². The molecule has 1 amide bonds. The van der Waals surface area contributed by atoms with Gasteiger partial charge in [0.1, 0.15) is 24.9 Å². The Labute approximate surface area is 152 Å². The van der Waals surface area contributed by atoms with Crippen LogP contribution in [0.1, 0.15) is 11.1 Å². The maximum atomic E-state index is 13.1. The molecule has 0 atom stereocenters. The highest BCUT2D eigenvalue weighted by atomic mass is 19.4. The summed E-state index contributed by atoms with van der Waals surface area (Å²) >= 11 is 0. The van der Waals surface area contributed by atoms with Crippen LogP contribution >= 0.6 is 0 Å². The molecule has 0 unspecified atom stereocenters. The summed E-state index contributed by atoms with van der Waals surface area (Å²) in [6, 6.07) is 11.2. The van der Waals surface area contributed by atoms with Gasteiger partial charge in [0.2, 0.25) is 0 Å². The highest BCUT2D eigenvalue weighted by Crippen LogP contribution is 2.36. The number of carbonyl (C=O) groups is 1. The largest absolute Gasteiger partial charge is 0.486 e. The molecule has 0 saturated heterocycles. The molecule has 1 heterocycles. The number of anilines is 1. The SMILES string of the molecule is N#CC(=Cc1cccc2c1OCCO2)C(=O)Nc1ccccc1C(F)(F)F. The Morgan fingerprint density at radius 3 is 2.59 bits per heavy atom. The van der Waals surface area contributed by atoms with E-state index in [4.69, 9.17) is 9.47 Å². The van der Waals surface area contributed by atoms with Crippen LogP contribution in [-0.4, -0.2) is 19.1 Å². The normalized spacial score (nSPS) is 13.6. The lowest BCUT2D eigenvalue weighted by Gasteiger charge is -2.20. The minimum atomic E-state index is -4.63. The standard InChI is InChI=1S/C19H13F3N2O3/c20-19(21,22)14-5-1-2-6-15(14)24-18(25)13(11-23)10-12-4-3-7-16-17(12)27-9-8-26-16/h1-7,10H,8-9H2,(H,24,25). The average molecular weight is 374 g/mol. The van der Waals surface area contributed by atoms with E-state index in [9.17, 15) is 23.2 Å². The highest BCUT2D eigenvalue weighted by molar-refractivity contribution is 6.10. The number of rotatable bonds is 3. The molecule has 0 bridgehead atoms. The van der Waals surface area contributed by atoms with E-state index in [1.54, 1.807) is 24.3 Å². The number of halogens is 3. The van der Waals surface area contributed by atoms with Crippen molar-refractivity contribution >= 4 is 17.7 Å². The van der Waals surface area contributed by atoms with Crippen molar-refractivity contribution in [2.45, 2.75) is 6.18 Å². The zero-order valence-electron chi connectivity index (χ0n) is 13.8. The second-order valence-corrected chi connectivity index (χ2v) is 5.54. The number of ether oxygens (including phenoxy) is 2. The summed E-state index contributed by atoms with van der Waals surface area (Å²) in [4.78, 5) is 12.4. The molecule has 0 radical (unpaired) electrons. The maximum absolute atomic E-state index is 13.1. The van der Waals surface area contributed by atoms with E-state index in [0.717, 1.165) is 12.1 Å². The molecule has 3 rings (SSSR count). The Bertz CT molecular complexity index is 946. The summed E-state index contributed by atoms with van der Waals surface area (Å²) in [6.07, 6.45) is -3.39. The van der Waals surface area contributed by atoms with Gasteiger partial charge < -0.3 is 14.8 Å². The Balaban J connectivity index is 1.91. The van der Waals surface area contributed by atoms with E-state index in [1.165, 1.54) is 18.2 Å². The van der Waals surface area contributed by atoms with Crippen molar-refractivity contribution in [3.63, 3.8) is 0 Å². The number of benzene rings is 2. The van der Waals surface area contributed by atoms with Gasteiger partial charge in [-0.05, 0) is 24.3 Å². The molecular formula is C19H13F3N2O3. The van der Waals surface area contributed by atoms with Crippen LogP contribution in [0.2, 0.25) is 0 Å². The van der Waals surface area contributed by atoms with Crippen molar-refractivity contribution in [2.75, 3.05) is 18.5 Å². The first kappa shape index (κ1) is 18.3. The van der Waals surface area contributed by atoms with Crippen molar-refractivity contribution < 1.29 is 27.4 Å². The third-order valence-electron chi connectivity index (χ3n) is 3.74. The Kier molecular flexibility index (Phi) is 5.03. The number of para-hydroxylation sites is 2. The van der Waals surface area contributed by atoms with Crippen molar-refractivity contribution in [3.8, 4) is 17.6 Å². The highest BCUT2D eigenvalue weighted by Gasteiger charge is 2.33. The Morgan fingerprint density at radius 2 is 1.85 bits per heavy atom. The van der Waals surface area contributed by atoms with E-state index in [2.05, 4.69) is 5.32 Å². The van der Waals surface area contributed by atoms with Crippen molar-refractivity contribution in [3.05, 3.63) is 59.2 Å². The zero-order valence-corrected chi connectivity index (χ0v) is 13.8. The van der Waals surface area contributed by atoms with E-state index in [1.807, 2.05) is 0 Å². The molecule has 0 aromatic heterocycles. The number of hydrogen-bond acceptors (Lipinski definition) is 4. The second kappa shape index (κ2) is 7.41. The molecule has 0 aliphatic carbocycles. The fraction of sp³-hybridized carbons (Fsp3) is 0.158. The number of alkyl halides is 3. The van der Waals surface area contributed by atoms with Crippen LogP contribution < -0.4 is 14.8 Å². The van der Waals surface area contributed by atoms with Crippen LogP contribution in [0.25, 0.3) is 6.08 Å². The quantitative estimate of drug-likeness (QED) is 0.651. The van der Waals surface area contributed by atoms with E-state index >= 15 is 0 Å². The lowest BCUT2D eigenvalue weighted by atomic mass is 10.1. The first-order chi connectivity index (χ1) is 12.9. The third-order valence-corrected chi connectivity index (χ3v) is 3.74. The van der Waals surface area contributed by atoms with Crippen LogP contribution in [-0.2, 0) is 11.0 Å². The summed E-state index contributed by atoms with van der Waals surface area (Å²) < 4.78 is 50.1. The number of nitriles is 1. The van der Waals surface area contributed by atoms with Gasteiger partial charge in [0, 0.05) is 5.56 Å². The molecule has 8 heteroatoms. The van der Waals surface area contributed by atoms with Crippen molar-refractivity contribution in [2.24, 2.45) is 0 Å². The first-order valence-electron chi connectivity index (χ1n) is 7.88.